The first kappa shape index (κ1) is 18.2. The van der Waals surface area contributed by atoms with Gasteiger partial charge < -0.3 is 5.32 Å². The second-order valence-corrected chi connectivity index (χ2v) is 6.87. The Kier molecular flexibility index (Phi) is 5.65. The molecular weight excluding hydrogens is 329 g/mol. The normalized spacial score (nSPS) is 23.7. The van der Waals surface area contributed by atoms with E-state index in [0.29, 0.717) is 6.07 Å². The van der Waals surface area contributed by atoms with Crippen LogP contribution in [-0.2, 0) is 10.0 Å². The number of halogens is 4. The van der Waals surface area contributed by atoms with Gasteiger partial charge in [0.05, 0.1) is 0 Å². The van der Waals surface area contributed by atoms with Crippen LogP contribution >= 0.6 is 12.4 Å². The lowest BCUT2D eigenvalue weighted by molar-refractivity contribution is 0.262. The second-order valence-electron chi connectivity index (χ2n) is 4.96. The number of nitrogens with zero attached hydrogens (tertiary/aromatic N) is 1. The van der Waals surface area contributed by atoms with Crippen molar-refractivity contribution in [3.8, 4) is 0 Å². The summed E-state index contributed by atoms with van der Waals surface area (Å²) in [6, 6.07) is 1.14. The lowest BCUT2D eigenvalue weighted by Crippen LogP contribution is -2.55. The number of benzene rings is 1. The zero-order valence-electron chi connectivity index (χ0n) is 11.4. The molecule has 1 N–H and O–H groups in total. The topological polar surface area (TPSA) is 49.4 Å². The average molecular weight is 345 g/mol. The van der Waals surface area contributed by atoms with E-state index < -0.39 is 32.4 Å². The highest BCUT2D eigenvalue weighted by Crippen LogP contribution is 2.24. The van der Waals surface area contributed by atoms with E-state index in [-0.39, 0.29) is 37.6 Å². The van der Waals surface area contributed by atoms with E-state index in [2.05, 4.69) is 5.32 Å². The van der Waals surface area contributed by atoms with Crippen LogP contribution in [0.1, 0.15) is 13.8 Å². The summed E-state index contributed by atoms with van der Waals surface area (Å²) in [5, 5.41) is 3.13. The molecule has 1 saturated heterocycles. The summed E-state index contributed by atoms with van der Waals surface area (Å²) in [4.78, 5) is -0.835. The molecule has 0 spiro atoms. The maximum Gasteiger partial charge on any atom is 0.246 e. The van der Waals surface area contributed by atoms with E-state index in [0.717, 1.165) is 10.4 Å². The molecule has 1 heterocycles. The molecule has 2 rings (SSSR count). The van der Waals surface area contributed by atoms with Gasteiger partial charge in [0.15, 0.2) is 17.5 Å². The fraction of sp³-hybridized carbons (Fsp3) is 0.500. The van der Waals surface area contributed by atoms with Gasteiger partial charge >= 0.3 is 0 Å². The first-order chi connectivity index (χ1) is 9.23. The fourth-order valence-corrected chi connectivity index (χ4v) is 3.99. The Bertz CT molecular complexity index is 617. The number of rotatable bonds is 2. The average Bonchev–Trinajstić information content (AvgIpc) is 2.34. The molecule has 1 aromatic carbocycles. The van der Waals surface area contributed by atoms with Crippen LogP contribution in [0.2, 0.25) is 0 Å². The first-order valence-electron chi connectivity index (χ1n) is 6.13. The fourth-order valence-electron chi connectivity index (χ4n) is 2.32. The SMILES string of the molecule is CC1CN(S(=O)(=O)c2ccc(F)c(F)c2F)CC(C)N1.Cl. The molecule has 0 radical (unpaired) electrons. The smallest absolute Gasteiger partial charge is 0.246 e. The van der Waals surface area contributed by atoms with Crippen LogP contribution in [0.5, 0.6) is 0 Å². The van der Waals surface area contributed by atoms with Crippen molar-refractivity contribution >= 4 is 22.4 Å². The molecule has 1 aromatic rings. The minimum absolute atomic E-state index is 0. The minimum atomic E-state index is -4.19. The number of nitrogens with one attached hydrogen (secondary N) is 1. The Morgan fingerprint density at radius 2 is 1.62 bits per heavy atom. The molecule has 0 bridgehead atoms. The van der Waals surface area contributed by atoms with Gasteiger partial charge in [0.25, 0.3) is 0 Å². The van der Waals surface area contributed by atoms with E-state index in [1.54, 1.807) is 13.8 Å². The van der Waals surface area contributed by atoms with Crippen molar-refractivity contribution in [2.75, 3.05) is 13.1 Å². The second kappa shape index (κ2) is 6.51. The maximum atomic E-state index is 13.7. The number of piperazine rings is 1. The van der Waals surface area contributed by atoms with Crippen molar-refractivity contribution in [1.82, 2.24) is 9.62 Å². The standard InChI is InChI=1S/C12H15F3N2O2S.ClH/c1-7-5-17(6-8(2)16-7)20(18,19)10-4-3-9(13)11(14)12(10)15;/h3-4,7-8,16H,5-6H2,1-2H3;1H. The molecule has 9 heteroatoms. The Hall–Kier alpha value is -0.830. The molecule has 2 unspecified atom stereocenters. The lowest BCUT2D eigenvalue weighted by Gasteiger charge is -2.35. The molecule has 0 saturated carbocycles. The Balaban J connectivity index is 0.00000220. The molecule has 0 aliphatic carbocycles. The van der Waals surface area contributed by atoms with Gasteiger partial charge in [-0.2, -0.15) is 4.31 Å². The van der Waals surface area contributed by atoms with E-state index in [1.807, 2.05) is 0 Å². The maximum absolute atomic E-state index is 13.7. The van der Waals surface area contributed by atoms with Crippen LogP contribution in [-0.4, -0.2) is 37.9 Å². The first-order valence-corrected chi connectivity index (χ1v) is 7.57. The molecular formula is C12H16ClF3N2O2S. The van der Waals surface area contributed by atoms with Gasteiger partial charge in [-0.15, -0.1) is 12.4 Å². The Morgan fingerprint density at radius 3 is 2.14 bits per heavy atom. The number of hydrogen-bond acceptors (Lipinski definition) is 3. The molecule has 120 valence electrons. The molecule has 0 aromatic heterocycles. The summed E-state index contributed by atoms with van der Waals surface area (Å²) < 4.78 is 65.5. The molecule has 1 aliphatic rings. The van der Waals surface area contributed by atoms with Gasteiger partial charge in [-0.25, -0.2) is 21.6 Å². The van der Waals surface area contributed by atoms with Gasteiger partial charge in [0, 0.05) is 25.2 Å². The van der Waals surface area contributed by atoms with E-state index >= 15 is 0 Å². The summed E-state index contributed by atoms with van der Waals surface area (Å²) >= 11 is 0. The van der Waals surface area contributed by atoms with Gasteiger partial charge in [0.1, 0.15) is 4.90 Å². The van der Waals surface area contributed by atoms with E-state index in [1.165, 1.54) is 0 Å². The van der Waals surface area contributed by atoms with Crippen molar-refractivity contribution in [3.63, 3.8) is 0 Å². The van der Waals surface area contributed by atoms with E-state index in [4.69, 9.17) is 0 Å². The number of sulfonamides is 1. The molecule has 4 nitrogen and oxygen atoms in total. The van der Waals surface area contributed by atoms with Gasteiger partial charge in [0.2, 0.25) is 10.0 Å². The van der Waals surface area contributed by atoms with Crippen LogP contribution in [0.25, 0.3) is 0 Å². The molecule has 21 heavy (non-hydrogen) atoms. The molecule has 1 fully saturated rings. The summed E-state index contributed by atoms with van der Waals surface area (Å²) in [5.41, 5.74) is 0. The molecule has 0 amide bonds. The molecule has 1 aliphatic heterocycles. The van der Waals surface area contributed by atoms with Crippen molar-refractivity contribution < 1.29 is 21.6 Å². The highest BCUT2D eigenvalue weighted by molar-refractivity contribution is 7.89. The van der Waals surface area contributed by atoms with Crippen LogP contribution in [0.4, 0.5) is 13.2 Å². The van der Waals surface area contributed by atoms with Gasteiger partial charge in [-0.3, -0.25) is 0 Å². The quantitative estimate of drug-likeness (QED) is 0.834. The Labute approximate surface area is 127 Å². The third-order valence-corrected chi connectivity index (χ3v) is 4.99. The van der Waals surface area contributed by atoms with Crippen LogP contribution in [0.3, 0.4) is 0 Å². The van der Waals surface area contributed by atoms with Crippen LogP contribution in [0, 0.1) is 17.5 Å². The highest BCUT2D eigenvalue weighted by Gasteiger charge is 2.34. The van der Waals surface area contributed by atoms with Crippen LogP contribution < -0.4 is 5.32 Å². The van der Waals surface area contributed by atoms with Gasteiger partial charge in [-0.1, -0.05) is 0 Å². The van der Waals surface area contributed by atoms with Crippen molar-refractivity contribution in [2.45, 2.75) is 30.8 Å². The third-order valence-electron chi connectivity index (χ3n) is 3.14. The lowest BCUT2D eigenvalue weighted by atomic mass is 10.2. The van der Waals surface area contributed by atoms with E-state index in [9.17, 15) is 21.6 Å². The molecule has 2 atom stereocenters. The van der Waals surface area contributed by atoms with Crippen molar-refractivity contribution in [1.29, 1.82) is 0 Å². The Morgan fingerprint density at radius 1 is 1.10 bits per heavy atom. The zero-order valence-corrected chi connectivity index (χ0v) is 13.1. The summed E-state index contributed by atoms with van der Waals surface area (Å²) in [6.45, 7) is 3.87. The monoisotopic (exact) mass is 344 g/mol. The minimum Gasteiger partial charge on any atom is -0.309 e. The third kappa shape index (κ3) is 3.50. The summed E-state index contributed by atoms with van der Waals surface area (Å²) in [6.07, 6.45) is 0. The summed E-state index contributed by atoms with van der Waals surface area (Å²) in [5.74, 6) is -4.87. The van der Waals surface area contributed by atoms with Crippen LogP contribution in [0.15, 0.2) is 17.0 Å². The van der Waals surface area contributed by atoms with Crippen molar-refractivity contribution in [3.05, 3.63) is 29.6 Å². The summed E-state index contributed by atoms with van der Waals surface area (Å²) in [7, 11) is -4.19. The van der Waals surface area contributed by atoms with Crippen molar-refractivity contribution in [2.24, 2.45) is 0 Å². The largest absolute Gasteiger partial charge is 0.309 e. The van der Waals surface area contributed by atoms with Gasteiger partial charge in [-0.05, 0) is 26.0 Å². The predicted octanol–water partition coefficient (Wildman–Crippen LogP) is 1.90. The predicted molar refractivity (Wildman–Crippen MR) is 74.4 cm³/mol. The highest BCUT2D eigenvalue weighted by atomic mass is 35.5. The number of hydrogen-bond donors (Lipinski definition) is 1. The zero-order chi connectivity index (χ0) is 15.1.